The fraction of sp³-hybridized carbons (Fsp3) is 0.286. The monoisotopic (exact) mass is 407 g/mol. The van der Waals surface area contributed by atoms with Crippen LogP contribution in [0.3, 0.4) is 0 Å². The maximum absolute atomic E-state index is 12.6. The van der Waals surface area contributed by atoms with E-state index in [-0.39, 0.29) is 17.4 Å². The van der Waals surface area contributed by atoms with E-state index in [1.807, 2.05) is 22.9 Å². The lowest BCUT2D eigenvalue weighted by Gasteiger charge is -2.11. The van der Waals surface area contributed by atoms with Gasteiger partial charge in [-0.2, -0.15) is 0 Å². The fourth-order valence-electron chi connectivity index (χ4n) is 3.48. The predicted octanol–water partition coefficient (Wildman–Crippen LogP) is 3.75. The number of rotatable bonds is 7. The van der Waals surface area contributed by atoms with Crippen LogP contribution in [-0.4, -0.2) is 37.7 Å². The number of ketones is 1. The minimum Gasteiger partial charge on any atom is -0.325 e. The first-order valence-corrected chi connectivity index (χ1v) is 10.6. The molecule has 1 heterocycles. The highest BCUT2D eigenvalue weighted by Gasteiger charge is 2.22. The molecule has 29 heavy (non-hydrogen) atoms. The van der Waals surface area contributed by atoms with Gasteiger partial charge >= 0.3 is 0 Å². The fourth-order valence-corrected chi connectivity index (χ4v) is 4.22. The standard InChI is InChI=1S/C21H21N5O2S/c27-19(14-29-21-23-24-25-26(21)18-11-4-5-12-18)22-17-10-6-9-16(13-17)20(28)15-7-2-1-3-8-15/h1-3,6-10,13,18H,4-5,11-12,14H2,(H,22,27). The van der Waals surface area contributed by atoms with Crippen LogP contribution in [0.1, 0.15) is 47.6 Å². The molecule has 7 nitrogen and oxygen atoms in total. The lowest BCUT2D eigenvalue weighted by molar-refractivity contribution is -0.113. The number of anilines is 1. The molecule has 1 fully saturated rings. The first-order valence-electron chi connectivity index (χ1n) is 9.61. The van der Waals surface area contributed by atoms with Gasteiger partial charge in [0, 0.05) is 16.8 Å². The number of carbonyl (C=O) groups is 2. The van der Waals surface area contributed by atoms with E-state index in [1.54, 1.807) is 36.4 Å². The maximum atomic E-state index is 12.6. The summed E-state index contributed by atoms with van der Waals surface area (Å²) in [5, 5.41) is 15.4. The van der Waals surface area contributed by atoms with Gasteiger partial charge in [0.05, 0.1) is 11.8 Å². The van der Waals surface area contributed by atoms with E-state index in [1.165, 1.54) is 24.6 Å². The van der Waals surface area contributed by atoms with Crippen molar-refractivity contribution in [3.63, 3.8) is 0 Å². The molecular formula is C21H21N5O2S. The molecule has 0 aliphatic heterocycles. The van der Waals surface area contributed by atoms with Crippen LogP contribution in [0.4, 0.5) is 5.69 Å². The number of benzene rings is 2. The largest absolute Gasteiger partial charge is 0.325 e. The first-order chi connectivity index (χ1) is 14.2. The highest BCUT2D eigenvalue weighted by atomic mass is 32.2. The molecule has 148 valence electrons. The van der Waals surface area contributed by atoms with Gasteiger partial charge in [0.15, 0.2) is 5.78 Å². The highest BCUT2D eigenvalue weighted by molar-refractivity contribution is 7.99. The second-order valence-corrected chi connectivity index (χ2v) is 7.90. The lowest BCUT2D eigenvalue weighted by atomic mass is 10.0. The summed E-state index contributed by atoms with van der Waals surface area (Å²) in [5.41, 5.74) is 1.74. The number of carbonyl (C=O) groups excluding carboxylic acids is 2. The summed E-state index contributed by atoms with van der Waals surface area (Å²) in [6, 6.07) is 16.4. The summed E-state index contributed by atoms with van der Waals surface area (Å²) in [4.78, 5) is 25.0. The minimum atomic E-state index is -0.166. The van der Waals surface area contributed by atoms with Crippen molar-refractivity contribution in [3.8, 4) is 0 Å². The van der Waals surface area contributed by atoms with E-state index in [2.05, 4.69) is 20.8 Å². The Morgan fingerprint density at radius 2 is 1.79 bits per heavy atom. The second kappa shape index (κ2) is 9.00. The van der Waals surface area contributed by atoms with Gasteiger partial charge < -0.3 is 5.32 Å². The van der Waals surface area contributed by atoms with Gasteiger partial charge in [-0.05, 0) is 35.4 Å². The van der Waals surface area contributed by atoms with Crippen molar-refractivity contribution < 1.29 is 9.59 Å². The van der Waals surface area contributed by atoms with E-state index < -0.39 is 0 Å². The van der Waals surface area contributed by atoms with Gasteiger partial charge in [-0.3, -0.25) is 9.59 Å². The topological polar surface area (TPSA) is 89.8 Å². The van der Waals surface area contributed by atoms with Crippen LogP contribution < -0.4 is 5.32 Å². The molecule has 1 amide bonds. The average Bonchev–Trinajstić information content (AvgIpc) is 3.44. The molecule has 1 saturated carbocycles. The summed E-state index contributed by atoms with van der Waals surface area (Å²) < 4.78 is 1.84. The normalized spacial score (nSPS) is 14.1. The molecule has 2 aromatic carbocycles. The first kappa shape index (κ1) is 19.3. The third-order valence-corrected chi connectivity index (χ3v) is 5.84. The zero-order valence-corrected chi connectivity index (χ0v) is 16.6. The van der Waals surface area contributed by atoms with Crippen molar-refractivity contribution >= 4 is 29.1 Å². The van der Waals surface area contributed by atoms with E-state index in [4.69, 9.17) is 0 Å². The number of tetrazole rings is 1. The molecule has 0 radical (unpaired) electrons. The molecule has 8 heteroatoms. The van der Waals surface area contributed by atoms with Crippen molar-refractivity contribution in [2.45, 2.75) is 36.9 Å². The smallest absolute Gasteiger partial charge is 0.234 e. The molecule has 1 aromatic heterocycles. The van der Waals surface area contributed by atoms with Crippen molar-refractivity contribution in [2.75, 3.05) is 11.1 Å². The molecule has 1 aliphatic carbocycles. The van der Waals surface area contributed by atoms with Gasteiger partial charge in [-0.15, -0.1) is 5.10 Å². The van der Waals surface area contributed by atoms with Crippen LogP contribution in [-0.2, 0) is 4.79 Å². The SMILES string of the molecule is O=C(CSc1nnnn1C1CCCC1)Nc1cccc(C(=O)c2ccccc2)c1. The molecule has 3 aromatic rings. The highest BCUT2D eigenvalue weighted by Crippen LogP contribution is 2.31. The molecule has 1 N–H and O–H groups in total. The number of aromatic nitrogens is 4. The zero-order valence-electron chi connectivity index (χ0n) is 15.8. The molecule has 1 aliphatic rings. The average molecular weight is 407 g/mol. The van der Waals surface area contributed by atoms with Crippen molar-refractivity contribution in [1.29, 1.82) is 0 Å². The van der Waals surface area contributed by atoms with E-state index >= 15 is 0 Å². The van der Waals surface area contributed by atoms with Crippen molar-refractivity contribution in [3.05, 3.63) is 65.7 Å². The molecule has 0 spiro atoms. The van der Waals surface area contributed by atoms with Crippen molar-refractivity contribution in [2.24, 2.45) is 0 Å². The van der Waals surface area contributed by atoms with Gasteiger partial charge in [0.2, 0.25) is 11.1 Å². The molecule has 0 unspecified atom stereocenters. The zero-order chi connectivity index (χ0) is 20.1. The van der Waals surface area contributed by atoms with Crippen LogP contribution in [0.5, 0.6) is 0 Å². The van der Waals surface area contributed by atoms with E-state index in [9.17, 15) is 9.59 Å². The van der Waals surface area contributed by atoms with Crippen molar-refractivity contribution in [1.82, 2.24) is 20.2 Å². The van der Waals surface area contributed by atoms with Gasteiger partial charge in [0.1, 0.15) is 0 Å². The number of amides is 1. The minimum absolute atomic E-state index is 0.0770. The predicted molar refractivity (Wildman–Crippen MR) is 111 cm³/mol. The summed E-state index contributed by atoms with van der Waals surface area (Å²) in [6.45, 7) is 0. The Morgan fingerprint density at radius 1 is 1.03 bits per heavy atom. The molecule has 0 bridgehead atoms. The van der Waals surface area contributed by atoms with E-state index in [0.29, 0.717) is 28.0 Å². The Balaban J connectivity index is 1.37. The van der Waals surface area contributed by atoms with Crippen LogP contribution in [0.25, 0.3) is 0 Å². The Labute approximate surface area is 172 Å². The molecular weight excluding hydrogens is 386 g/mol. The Morgan fingerprint density at radius 3 is 2.59 bits per heavy atom. The quantitative estimate of drug-likeness (QED) is 0.474. The van der Waals surface area contributed by atoms with Crippen LogP contribution in [0, 0.1) is 0 Å². The summed E-state index contributed by atoms with van der Waals surface area (Å²) in [5.74, 6) is -0.0451. The maximum Gasteiger partial charge on any atom is 0.234 e. The third-order valence-electron chi connectivity index (χ3n) is 4.91. The van der Waals surface area contributed by atoms with Crippen LogP contribution in [0.15, 0.2) is 59.8 Å². The molecule has 0 atom stereocenters. The van der Waals surface area contributed by atoms with Crippen LogP contribution >= 0.6 is 11.8 Å². The van der Waals surface area contributed by atoms with Gasteiger partial charge in [-0.25, -0.2) is 4.68 Å². The third kappa shape index (κ3) is 4.71. The molecule has 4 rings (SSSR count). The number of hydrogen-bond donors (Lipinski definition) is 1. The van der Waals surface area contributed by atoms with Gasteiger partial charge in [0.25, 0.3) is 0 Å². The van der Waals surface area contributed by atoms with Gasteiger partial charge in [-0.1, -0.05) is 67.1 Å². The summed E-state index contributed by atoms with van der Waals surface area (Å²) in [7, 11) is 0. The lowest BCUT2D eigenvalue weighted by Crippen LogP contribution is -2.16. The number of nitrogens with zero attached hydrogens (tertiary/aromatic N) is 4. The molecule has 0 saturated heterocycles. The van der Waals surface area contributed by atoms with Crippen LogP contribution in [0.2, 0.25) is 0 Å². The Kier molecular flexibility index (Phi) is 6.00. The summed E-state index contributed by atoms with van der Waals surface area (Å²) >= 11 is 1.32. The number of hydrogen-bond acceptors (Lipinski definition) is 6. The van der Waals surface area contributed by atoms with E-state index in [0.717, 1.165) is 12.8 Å². The Bertz CT molecular complexity index is 999. The number of nitrogens with one attached hydrogen (secondary N) is 1. The summed E-state index contributed by atoms with van der Waals surface area (Å²) in [6.07, 6.45) is 4.53. The second-order valence-electron chi connectivity index (χ2n) is 6.96. The number of thioether (sulfide) groups is 1. The Hall–Kier alpha value is -3.00.